The molecule has 0 spiro atoms. The molecule has 4 rings (SSSR count). The minimum absolute atomic E-state index is 0.158. The number of rotatable bonds is 3. The Morgan fingerprint density at radius 3 is 2.62 bits per heavy atom. The number of hydrogen-bond donors (Lipinski definition) is 1. The molecular formula is C20H15ClN2O3. The van der Waals surface area contributed by atoms with E-state index in [1.54, 1.807) is 36.7 Å². The van der Waals surface area contributed by atoms with Crippen LogP contribution in [-0.2, 0) is 4.79 Å². The number of hydrogen-bond acceptors (Lipinski definition) is 4. The number of amides is 1. The van der Waals surface area contributed by atoms with Crippen LogP contribution in [0.2, 0.25) is 5.02 Å². The van der Waals surface area contributed by atoms with Crippen molar-refractivity contribution in [3.8, 4) is 22.6 Å². The maximum Gasteiger partial charge on any atom is 0.269 e. The molecular weight excluding hydrogens is 352 g/mol. The third-order valence-electron chi connectivity index (χ3n) is 4.03. The number of ether oxygens (including phenoxy) is 2. The Labute approximate surface area is 155 Å². The summed E-state index contributed by atoms with van der Waals surface area (Å²) in [4.78, 5) is 16.5. The molecule has 5 nitrogen and oxygen atoms in total. The topological polar surface area (TPSA) is 60.5 Å². The van der Waals surface area contributed by atoms with Gasteiger partial charge >= 0.3 is 0 Å². The van der Waals surface area contributed by atoms with Crippen molar-refractivity contribution in [2.24, 2.45) is 0 Å². The molecule has 6 heteroatoms. The number of nitrogens with one attached hydrogen (secondary N) is 1. The first-order chi connectivity index (χ1) is 12.7. The molecule has 2 aromatic carbocycles. The lowest BCUT2D eigenvalue weighted by Crippen LogP contribution is -2.40. The predicted octanol–water partition coefficient (Wildman–Crippen LogP) is 4.18. The molecule has 1 atom stereocenters. The lowest BCUT2D eigenvalue weighted by Gasteiger charge is -2.25. The second-order valence-corrected chi connectivity index (χ2v) is 6.19. The largest absolute Gasteiger partial charge is 0.485 e. The minimum Gasteiger partial charge on any atom is -0.485 e. The van der Waals surface area contributed by atoms with Gasteiger partial charge in [0.1, 0.15) is 6.61 Å². The third kappa shape index (κ3) is 3.34. The van der Waals surface area contributed by atoms with Crippen LogP contribution < -0.4 is 14.8 Å². The summed E-state index contributed by atoms with van der Waals surface area (Å²) >= 11 is 6.37. The summed E-state index contributed by atoms with van der Waals surface area (Å²) in [5.41, 5.74) is 2.43. The number of anilines is 1. The first-order valence-electron chi connectivity index (χ1n) is 8.10. The summed E-state index contributed by atoms with van der Waals surface area (Å²) in [7, 11) is 0. The number of nitrogens with zero attached hydrogens (tertiary/aromatic N) is 1. The van der Waals surface area contributed by atoms with Gasteiger partial charge in [-0.2, -0.15) is 0 Å². The summed E-state index contributed by atoms with van der Waals surface area (Å²) in [5.74, 6) is 0.915. The zero-order chi connectivity index (χ0) is 17.9. The molecule has 0 bridgehead atoms. The minimum atomic E-state index is -0.719. The van der Waals surface area contributed by atoms with Crippen LogP contribution in [0.15, 0.2) is 67.0 Å². The summed E-state index contributed by atoms with van der Waals surface area (Å²) in [6.45, 7) is 0.158. The quantitative estimate of drug-likeness (QED) is 0.755. The SMILES string of the molecule is O=C(Nc1ccc(-c2ccncc2)c(Cl)c1)C1COc2ccccc2O1. The van der Waals surface area contributed by atoms with Crippen molar-refractivity contribution in [1.29, 1.82) is 0 Å². The fraction of sp³-hybridized carbons (Fsp3) is 0.100. The maximum absolute atomic E-state index is 12.5. The first kappa shape index (κ1) is 16.4. The van der Waals surface area contributed by atoms with E-state index in [-0.39, 0.29) is 12.5 Å². The van der Waals surface area contributed by atoms with Gasteiger partial charge in [0.2, 0.25) is 6.10 Å². The summed E-state index contributed by atoms with van der Waals surface area (Å²) in [6, 6.07) is 16.4. The molecule has 0 aliphatic carbocycles. The Morgan fingerprint density at radius 1 is 1.08 bits per heavy atom. The van der Waals surface area contributed by atoms with Crippen molar-refractivity contribution in [1.82, 2.24) is 4.98 Å². The van der Waals surface area contributed by atoms with Crippen molar-refractivity contribution in [2.45, 2.75) is 6.10 Å². The number of aromatic nitrogens is 1. The van der Waals surface area contributed by atoms with Gasteiger partial charge in [0.15, 0.2) is 11.5 Å². The van der Waals surface area contributed by atoms with Crippen LogP contribution in [0.3, 0.4) is 0 Å². The standard InChI is InChI=1S/C20H15ClN2O3/c21-16-11-14(5-6-15(16)13-7-9-22-10-8-13)23-20(24)19-12-25-17-3-1-2-4-18(17)26-19/h1-11,19H,12H2,(H,23,24). The molecule has 1 aliphatic heterocycles. The van der Waals surface area contributed by atoms with E-state index >= 15 is 0 Å². The second-order valence-electron chi connectivity index (χ2n) is 5.78. The summed E-state index contributed by atoms with van der Waals surface area (Å²) in [5, 5.41) is 3.36. The van der Waals surface area contributed by atoms with Gasteiger partial charge in [0.25, 0.3) is 5.91 Å². The van der Waals surface area contributed by atoms with Crippen molar-refractivity contribution < 1.29 is 14.3 Å². The highest BCUT2D eigenvalue weighted by molar-refractivity contribution is 6.33. The lowest BCUT2D eigenvalue weighted by molar-refractivity contribution is -0.125. The van der Waals surface area contributed by atoms with Crippen molar-refractivity contribution in [2.75, 3.05) is 11.9 Å². The number of fused-ring (bicyclic) bond motifs is 1. The van der Waals surface area contributed by atoms with E-state index in [1.807, 2.05) is 30.3 Å². The molecule has 1 N–H and O–H groups in total. The van der Waals surface area contributed by atoms with Gasteiger partial charge < -0.3 is 14.8 Å². The molecule has 1 aromatic heterocycles. The number of carbonyl (C=O) groups excluding carboxylic acids is 1. The van der Waals surface area contributed by atoms with Crippen LogP contribution in [0.25, 0.3) is 11.1 Å². The highest BCUT2D eigenvalue weighted by Crippen LogP contribution is 2.32. The Hall–Kier alpha value is -3.05. The third-order valence-corrected chi connectivity index (χ3v) is 4.34. The van der Waals surface area contributed by atoms with E-state index < -0.39 is 6.10 Å². The molecule has 0 fully saturated rings. The van der Waals surface area contributed by atoms with Gasteiger partial charge in [-0.05, 0) is 42.0 Å². The van der Waals surface area contributed by atoms with Crippen LogP contribution >= 0.6 is 11.6 Å². The van der Waals surface area contributed by atoms with Gasteiger partial charge in [0, 0.05) is 23.6 Å². The monoisotopic (exact) mass is 366 g/mol. The zero-order valence-electron chi connectivity index (χ0n) is 13.7. The molecule has 1 amide bonds. The number of benzene rings is 2. The molecule has 3 aromatic rings. The van der Waals surface area contributed by atoms with E-state index in [2.05, 4.69) is 10.3 Å². The molecule has 0 saturated carbocycles. The van der Waals surface area contributed by atoms with Crippen LogP contribution in [0.1, 0.15) is 0 Å². The number of para-hydroxylation sites is 2. The van der Waals surface area contributed by atoms with Crippen LogP contribution in [-0.4, -0.2) is 23.6 Å². The first-order valence-corrected chi connectivity index (χ1v) is 8.48. The maximum atomic E-state index is 12.5. The zero-order valence-corrected chi connectivity index (χ0v) is 14.4. The number of carbonyl (C=O) groups is 1. The van der Waals surface area contributed by atoms with Crippen LogP contribution in [0.5, 0.6) is 11.5 Å². The highest BCUT2D eigenvalue weighted by atomic mass is 35.5. The van der Waals surface area contributed by atoms with Gasteiger partial charge in [-0.15, -0.1) is 0 Å². The van der Waals surface area contributed by atoms with E-state index in [4.69, 9.17) is 21.1 Å². The smallest absolute Gasteiger partial charge is 0.269 e. The Kier molecular flexibility index (Phi) is 4.46. The molecule has 130 valence electrons. The molecule has 0 saturated heterocycles. The van der Waals surface area contributed by atoms with Gasteiger partial charge in [-0.25, -0.2) is 0 Å². The number of pyridine rings is 1. The van der Waals surface area contributed by atoms with E-state index in [9.17, 15) is 4.79 Å². The van der Waals surface area contributed by atoms with Gasteiger partial charge in [-0.1, -0.05) is 29.8 Å². The summed E-state index contributed by atoms with van der Waals surface area (Å²) in [6.07, 6.45) is 2.70. The summed E-state index contributed by atoms with van der Waals surface area (Å²) < 4.78 is 11.3. The van der Waals surface area contributed by atoms with E-state index in [1.165, 1.54) is 0 Å². The van der Waals surface area contributed by atoms with Crippen LogP contribution in [0.4, 0.5) is 5.69 Å². The van der Waals surface area contributed by atoms with Crippen molar-refractivity contribution in [3.05, 3.63) is 72.0 Å². The molecule has 0 radical (unpaired) electrons. The molecule has 26 heavy (non-hydrogen) atoms. The molecule has 2 heterocycles. The molecule has 1 unspecified atom stereocenters. The fourth-order valence-electron chi connectivity index (χ4n) is 2.73. The average Bonchev–Trinajstić information content (AvgIpc) is 2.68. The fourth-order valence-corrected chi connectivity index (χ4v) is 3.02. The van der Waals surface area contributed by atoms with E-state index in [0.29, 0.717) is 22.2 Å². The Bertz CT molecular complexity index is 947. The van der Waals surface area contributed by atoms with Gasteiger partial charge in [-0.3, -0.25) is 9.78 Å². The second kappa shape index (κ2) is 7.06. The van der Waals surface area contributed by atoms with Gasteiger partial charge in [0.05, 0.1) is 5.02 Å². The molecule has 1 aliphatic rings. The predicted molar refractivity (Wildman–Crippen MR) is 99.7 cm³/mol. The highest BCUT2D eigenvalue weighted by Gasteiger charge is 2.27. The normalized spacial score (nSPS) is 15.3. The van der Waals surface area contributed by atoms with Crippen LogP contribution in [0, 0.1) is 0 Å². The average molecular weight is 367 g/mol. The Morgan fingerprint density at radius 2 is 1.85 bits per heavy atom. The van der Waals surface area contributed by atoms with Crippen molar-refractivity contribution >= 4 is 23.2 Å². The Balaban J connectivity index is 1.48. The van der Waals surface area contributed by atoms with Crippen molar-refractivity contribution in [3.63, 3.8) is 0 Å². The lowest BCUT2D eigenvalue weighted by atomic mass is 10.1. The van der Waals surface area contributed by atoms with E-state index in [0.717, 1.165) is 11.1 Å². The number of halogens is 1.